The molecular formula is C27H36O. The third-order valence-corrected chi connectivity index (χ3v) is 9.66. The first-order valence-corrected chi connectivity index (χ1v) is 11.7. The lowest BCUT2D eigenvalue weighted by molar-refractivity contribution is -0.129. The molecule has 28 heavy (non-hydrogen) atoms. The Balaban J connectivity index is 1.55. The Morgan fingerprint density at radius 3 is 2.54 bits per heavy atom. The molecule has 1 aromatic carbocycles. The first-order valence-electron chi connectivity index (χ1n) is 11.7. The van der Waals surface area contributed by atoms with E-state index >= 15 is 0 Å². The standard InChI is InChI=1S/C27H36O/c1-18-6-8-19(9-7-18)15-21-17-22(28)16-20-10-11-23-24-5-4-13-26(24,2)14-12-25(23)27(20,21)3/h6-9,15,20,23-25H,4-5,10-14,16-17H2,1-3H3/t20?,23-,24-,25+,26-,27+/m0/s1. The van der Waals surface area contributed by atoms with Gasteiger partial charge in [0.15, 0.2) is 0 Å². The van der Waals surface area contributed by atoms with Crippen LogP contribution < -0.4 is 0 Å². The number of carbonyl (C=O) groups excluding carboxylic acids is 1. The van der Waals surface area contributed by atoms with E-state index < -0.39 is 0 Å². The number of Topliss-reactive ketones (excluding diaryl/α,β-unsaturated/α-hetero) is 1. The van der Waals surface area contributed by atoms with Crippen molar-refractivity contribution >= 4 is 11.9 Å². The molecule has 4 aliphatic carbocycles. The molecule has 0 amide bonds. The molecule has 4 fully saturated rings. The van der Waals surface area contributed by atoms with E-state index in [0.29, 0.717) is 23.5 Å². The van der Waals surface area contributed by atoms with Crippen LogP contribution in [-0.2, 0) is 4.79 Å². The summed E-state index contributed by atoms with van der Waals surface area (Å²) in [5, 5.41) is 0. The molecule has 0 radical (unpaired) electrons. The van der Waals surface area contributed by atoms with E-state index in [1.54, 1.807) is 0 Å². The average molecular weight is 377 g/mol. The molecule has 1 heteroatoms. The zero-order valence-corrected chi connectivity index (χ0v) is 18.0. The van der Waals surface area contributed by atoms with Crippen LogP contribution in [0.15, 0.2) is 29.8 Å². The van der Waals surface area contributed by atoms with Crippen LogP contribution in [0.4, 0.5) is 0 Å². The van der Waals surface area contributed by atoms with Crippen LogP contribution in [0.3, 0.4) is 0 Å². The van der Waals surface area contributed by atoms with Gasteiger partial charge in [-0.05, 0) is 85.5 Å². The monoisotopic (exact) mass is 376 g/mol. The summed E-state index contributed by atoms with van der Waals surface area (Å²) in [5.74, 6) is 3.64. The molecule has 4 aliphatic rings. The van der Waals surface area contributed by atoms with E-state index in [1.807, 2.05) is 0 Å². The van der Waals surface area contributed by atoms with Gasteiger partial charge in [-0.1, -0.05) is 61.7 Å². The Morgan fingerprint density at radius 1 is 0.964 bits per heavy atom. The van der Waals surface area contributed by atoms with Gasteiger partial charge in [0.1, 0.15) is 5.78 Å². The molecule has 5 rings (SSSR count). The van der Waals surface area contributed by atoms with Crippen LogP contribution >= 0.6 is 0 Å². The number of aryl methyl sites for hydroxylation is 1. The molecule has 150 valence electrons. The van der Waals surface area contributed by atoms with Crippen LogP contribution in [0.5, 0.6) is 0 Å². The topological polar surface area (TPSA) is 17.1 Å². The second-order valence-corrected chi connectivity index (χ2v) is 11.0. The van der Waals surface area contributed by atoms with Crippen LogP contribution in [0.25, 0.3) is 6.08 Å². The molecular weight excluding hydrogens is 340 g/mol. The maximum atomic E-state index is 12.7. The molecule has 1 nitrogen and oxygen atoms in total. The molecule has 0 aliphatic heterocycles. The van der Waals surface area contributed by atoms with Crippen molar-refractivity contribution in [3.8, 4) is 0 Å². The van der Waals surface area contributed by atoms with Crippen molar-refractivity contribution in [1.29, 1.82) is 0 Å². The van der Waals surface area contributed by atoms with Crippen molar-refractivity contribution in [2.24, 2.45) is 34.5 Å². The largest absolute Gasteiger partial charge is 0.299 e. The van der Waals surface area contributed by atoms with Gasteiger partial charge in [-0.15, -0.1) is 0 Å². The van der Waals surface area contributed by atoms with Crippen LogP contribution in [0.1, 0.15) is 82.8 Å². The molecule has 6 atom stereocenters. The maximum absolute atomic E-state index is 12.7. The normalized spacial score (nSPS) is 44.1. The van der Waals surface area contributed by atoms with Gasteiger partial charge in [0.05, 0.1) is 0 Å². The number of carbonyl (C=O) groups is 1. The summed E-state index contributed by atoms with van der Waals surface area (Å²) in [6.45, 7) is 7.28. The molecule has 1 unspecified atom stereocenters. The van der Waals surface area contributed by atoms with E-state index in [-0.39, 0.29) is 5.41 Å². The Bertz CT molecular complexity index is 802. The lowest BCUT2D eigenvalue weighted by Gasteiger charge is -2.60. The first-order chi connectivity index (χ1) is 13.4. The van der Waals surface area contributed by atoms with Crippen molar-refractivity contribution in [2.75, 3.05) is 0 Å². The van der Waals surface area contributed by atoms with E-state index in [2.05, 4.69) is 51.1 Å². The number of hydrogen-bond donors (Lipinski definition) is 0. The van der Waals surface area contributed by atoms with Crippen molar-refractivity contribution in [3.05, 3.63) is 41.0 Å². The summed E-state index contributed by atoms with van der Waals surface area (Å²) < 4.78 is 0. The van der Waals surface area contributed by atoms with Crippen LogP contribution in [0.2, 0.25) is 0 Å². The zero-order chi connectivity index (χ0) is 19.5. The summed E-state index contributed by atoms with van der Waals surface area (Å²) >= 11 is 0. The predicted molar refractivity (Wildman–Crippen MR) is 116 cm³/mol. The molecule has 4 saturated carbocycles. The minimum absolute atomic E-state index is 0.228. The molecule has 0 N–H and O–H groups in total. The average Bonchev–Trinajstić information content (AvgIpc) is 3.06. The number of hydrogen-bond acceptors (Lipinski definition) is 1. The molecule has 0 saturated heterocycles. The summed E-state index contributed by atoms with van der Waals surface area (Å²) in [5.41, 5.74) is 4.87. The van der Waals surface area contributed by atoms with Crippen molar-refractivity contribution in [3.63, 3.8) is 0 Å². The Labute approximate surface area is 171 Å². The maximum Gasteiger partial charge on any atom is 0.137 e. The third kappa shape index (κ3) is 2.76. The highest BCUT2D eigenvalue weighted by molar-refractivity contribution is 5.85. The Kier molecular flexibility index (Phi) is 4.38. The number of benzene rings is 1. The Morgan fingerprint density at radius 2 is 1.75 bits per heavy atom. The van der Waals surface area contributed by atoms with Gasteiger partial charge in [0, 0.05) is 12.8 Å². The van der Waals surface area contributed by atoms with Gasteiger partial charge < -0.3 is 0 Å². The van der Waals surface area contributed by atoms with Gasteiger partial charge >= 0.3 is 0 Å². The number of ketones is 1. The fourth-order valence-corrected chi connectivity index (χ4v) is 8.06. The fraction of sp³-hybridized carbons (Fsp3) is 0.667. The van der Waals surface area contributed by atoms with E-state index in [4.69, 9.17) is 0 Å². The third-order valence-electron chi connectivity index (χ3n) is 9.66. The molecule has 0 heterocycles. The first kappa shape index (κ1) is 18.6. The molecule has 1 aromatic rings. The number of rotatable bonds is 1. The second-order valence-electron chi connectivity index (χ2n) is 11.0. The summed E-state index contributed by atoms with van der Waals surface area (Å²) in [4.78, 5) is 12.7. The number of fused-ring (bicyclic) bond motifs is 5. The van der Waals surface area contributed by atoms with E-state index in [1.165, 1.54) is 61.6 Å². The van der Waals surface area contributed by atoms with E-state index in [9.17, 15) is 4.79 Å². The summed E-state index contributed by atoms with van der Waals surface area (Å²) in [6, 6.07) is 8.86. The SMILES string of the molecule is Cc1ccc(C=C2CC(=O)CC3CC[C@@H]4[C@@H](CC[C@]5(C)CCC[C@@H]45)[C@@]23C)cc1. The van der Waals surface area contributed by atoms with Crippen molar-refractivity contribution in [1.82, 2.24) is 0 Å². The highest BCUT2D eigenvalue weighted by atomic mass is 16.1. The van der Waals surface area contributed by atoms with Gasteiger partial charge in [-0.2, -0.15) is 0 Å². The van der Waals surface area contributed by atoms with Gasteiger partial charge in [-0.3, -0.25) is 4.79 Å². The summed E-state index contributed by atoms with van der Waals surface area (Å²) in [7, 11) is 0. The fourth-order valence-electron chi connectivity index (χ4n) is 8.06. The Hall–Kier alpha value is -1.37. The summed E-state index contributed by atoms with van der Waals surface area (Å²) in [6.07, 6.45) is 13.7. The highest BCUT2D eigenvalue weighted by Gasteiger charge is 2.59. The van der Waals surface area contributed by atoms with Gasteiger partial charge in [0.25, 0.3) is 0 Å². The van der Waals surface area contributed by atoms with Gasteiger partial charge in [-0.25, -0.2) is 0 Å². The molecule has 0 spiro atoms. The predicted octanol–water partition coefficient (Wildman–Crippen LogP) is 6.99. The van der Waals surface area contributed by atoms with Crippen molar-refractivity contribution in [2.45, 2.75) is 78.6 Å². The highest BCUT2D eigenvalue weighted by Crippen LogP contribution is 2.67. The van der Waals surface area contributed by atoms with Crippen molar-refractivity contribution < 1.29 is 4.79 Å². The lowest BCUT2D eigenvalue weighted by atomic mass is 9.44. The zero-order valence-electron chi connectivity index (χ0n) is 18.0. The lowest BCUT2D eigenvalue weighted by Crippen LogP contribution is -2.53. The van der Waals surface area contributed by atoms with Crippen LogP contribution in [0, 0.1) is 41.4 Å². The smallest absolute Gasteiger partial charge is 0.137 e. The number of allylic oxidation sites excluding steroid dienone is 1. The molecule has 0 bridgehead atoms. The quantitative estimate of drug-likeness (QED) is 0.516. The molecule has 0 aromatic heterocycles. The minimum atomic E-state index is 0.228. The van der Waals surface area contributed by atoms with Gasteiger partial charge in [0.2, 0.25) is 0 Å². The second kappa shape index (κ2) is 6.57. The van der Waals surface area contributed by atoms with Crippen LogP contribution in [-0.4, -0.2) is 5.78 Å². The van der Waals surface area contributed by atoms with E-state index in [0.717, 1.165) is 24.2 Å². The minimum Gasteiger partial charge on any atom is -0.299 e.